The van der Waals surface area contributed by atoms with E-state index in [4.69, 9.17) is 0 Å². The molecule has 0 aliphatic carbocycles. The number of benzene rings is 1. The van der Waals surface area contributed by atoms with Gasteiger partial charge in [0.1, 0.15) is 5.78 Å². The van der Waals surface area contributed by atoms with Crippen molar-refractivity contribution in [2.75, 3.05) is 5.75 Å². The van der Waals surface area contributed by atoms with E-state index < -0.39 is 0 Å². The molecule has 0 N–H and O–H groups in total. The Morgan fingerprint density at radius 1 is 1.27 bits per heavy atom. The third-order valence-electron chi connectivity index (χ3n) is 1.94. The van der Waals surface area contributed by atoms with Gasteiger partial charge in [0, 0.05) is 17.1 Å². The molecule has 1 aromatic rings. The Hall–Kier alpha value is -1.02. The maximum atomic E-state index is 10.7. The van der Waals surface area contributed by atoms with Gasteiger partial charge in [-0.15, -0.1) is 11.8 Å². The Morgan fingerprint density at radius 3 is 2.53 bits per heavy atom. The molecule has 0 bridgehead atoms. The molecular weight excluding hydrogens is 204 g/mol. The highest BCUT2D eigenvalue weighted by molar-refractivity contribution is 7.99. The first-order valence-corrected chi connectivity index (χ1v) is 6.01. The summed E-state index contributed by atoms with van der Waals surface area (Å²) in [5.41, 5.74) is 1.28. The summed E-state index contributed by atoms with van der Waals surface area (Å²) < 4.78 is 0. The van der Waals surface area contributed by atoms with Gasteiger partial charge in [-0.25, -0.2) is 0 Å². The van der Waals surface area contributed by atoms with Crippen molar-refractivity contribution in [3.63, 3.8) is 0 Å². The average Bonchev–Trinajstić information content (AvgIpc) is 2.20. The van der Waals surface area contributed by atoms with Gasteiger partial charge in [-0.3, -0.25) is 4.79 Å². The molecule has 1 aromatic carbocycles. The van der Waals surface area contributed by atoms with Gasteiger partial charge >= 0.3 is 0 Å². The van der Waals surface area contributed by atoms with E-state index >= 15 is 0 Å². The molecule has 80 valence electrons. The standard InChI is InChI=1S/C13H16OS/c1-11-6-8-13(9-7-11)15-10-4-3-5-12(2)14/h3-4,6-9H,5,10H2,1-2H3/b4-3+. The molecule has 0 unspecified atom stereocenters. The zero-order valence-corrected chi connectivity index (χ0v) is 10.0. The smallest absolute Gasteiger partial charge is 0.133 e. The van der Waals surface area contributed by atoms with Crippen LogP contribution in [0.5, 0.6) is 0 Å². The van der Waals surface area contributed by atoms with E-state index in [2.05, 4.69) is 31.2 Å². The van der Waals surface area contributed by atoms with Crippen molar-refractivity contribution < 1.29 is 4.79 Å². The molecule has 0 atom stereocenters. The van der Waals surface area contributed by atoms with E-state index in [1.807, 2.05) is 12.2 Å². The zero-order valence-electron chi connectivity index (χ0n) is 9.19. The Bertz CT molecular complexity index is 338. The molecule has 0 spiro atoms. The van der Waals surface area contributed by atoms with Crippen LogP contribution in [-0.2, 0) is 4.79 Å². The first-order chi connectivity index (χ1) is 7.18. The van der Waals surface area contributed by atoms with Crippen LogP contribution >= 0.6 is 11.8 Å². The second-order valence-corrected chi connectivity index (χ2v) is 4.60. The van der Waals surface area contributed by atoms with Crippen LogP contribution in [0, 0.1) is 6.92 Å². The highest BCUT2D eigenvalue weighted by Crippen LogP contribution is 2.18. The summed E-state index contributed by atoms with van der Waals surface area (Å²) in [6.45, 7) is 3.69. The normalized spacial score (nSPS) is 10.8. The average molecular weight is 220 g/mol. The van der Waals surface area contributed by atoms with Gasteiger partial charge in [-0.05, 0) is 26.0 Å². The molecule has 1 rings (SSSR count). The number of hydrogen-bond donors (Lipinski definition) is 0. The van der Waals surface area contributed by atoms with Crippen LogP contribution < -0.4 is 0 Å². The minimum absolute atomic E-state index is 0.214. The lowest BCUT2D eigenvalue weighted by molar-refractivity contribution is -0.116. The Kier molecular flexibility index (Phi) is 5.19. The maximum absolute atomic E-state index is 10.7. The predicted molar refractivity (Wildman–Crippen MR) is 66.3 cm³/mol. The molecule has 0 saturated heterocycles. The van der Waals surface area contributed by atoms with E-state index in [1.54, 1.807) is 18.7 Å². The van der Waals surface area contributed by atoms with Gasteiger partial charge in [0.15, 0.2) is 0 Å². The fraction of sp³-hybridized carbons (Fsp3) is 0.308. The SMILES string of the molecule is CC(=O)C/C=C/CSc1ccc(C)cc1. The fourth-order valence-electron chi connectivity index (χ4n) is 1.10. The quantitative estimate of drug-likeness (QED) is 0.557. The van der Waals surface area contributed by atoms with Crippen LogP contribution in [0.1, 0.15) is 18.9 Å². The van der Waals surface area contributed by atoms with Gasteiger partial charge in [0.05, 0.1) is 0 Å². The molecule has 0 amide bonds. The van der Waals surface area contributed by atoms with Gasteiger partial charge in [0.2, 0.25) is 0 Å². The van der Waals surface area contributed by atoms with Gasteiger partial charge in [-0.2, -0.15) is 0 Å². The predicted octanol–water partition coefficient (Wildman–Crippen LogP) is 3.62. The van der Waals surface area contributed by atoms with Crippen molar-refractivity contribution in [3.05, 3.63) is 42.0 Å². The highest BCUT2D eigenvalue weighted by atomic mass is 32.2. The maximum Gasteiger partial charge on any atom is 0.133 e. The Balaban J connectivity index is 2.28. The van der Waals surface area contributed by atoms with Gasteiger partial charge in [0.25, 0.3) is 0 Å². The van der Waals surface area contributed by atoms with Crippen molar-refractivity contribution in [3.8, 4) is 0 Å². The fourth-order valence-corrected chi connectivity index (χ4v) is 1.85. The van der Waals surface area contributed by atoms with E-state index in [0.29, 0.717) is 6.42 Å². The third kappa shape index (κ3) is 5.43. The number of hydrogen-bond acceptors (Lipinski definition) is 2. The van der Waals surface area contributed by atoms with E-state index in [1.165, 1.54) is 10.5 Å². The second-order valence-electron chi connectivity index (χ2n) is 3.50. The number of Topliss-reactive ketones (excluding diaryl/α,β-unsaturated/α-hetero) is 1. The lowest BCUT2D eigenvalue weighted by atomic mass is 10.2. The molecule has 0 aromatic heterocycles. The molecule has 0 saturated carbocycles. The van der Waals surface area contributed by atoms with Crippen molar-refractivity contribution in [1.82, 2.24) is 0 Å². The largest absolute Gasteiger partial charge is 0.300 e. The van der Waals surface area contributed by atoms with E-state index in [9.17, 15) is 4.79 Å². The topological polar surface area (TPSA) is 17.1 Å². The van der Waals surface area contributed by atoms with Crippen molar-refractivity contribution in [1.29, 1.82) is 0 Å². The first kappa shape index (κ1) is 12.1. The second kappa shape index (κ2) is 6.46. The number of carbonyl (C=O) groups excluding carboxylic acids is 1. The molecular formula is C13H16OS. The summed E-state index contributed by atoms with van der Waals surface area (Å²) in [6.07, 6.45) is 4.53. The van der Waals surface area contributed by atoms with E-state index in [-0.39, 0.29) is 5.78 Å². The minimum Gasteiger partial charge on any atom is -0.300 e. The number of aryl methyl sites for hydroxylation is 1. The molecule has 0 radical (unpaired) electrons. The Labute approximate surface area is 95.6 Å². The van der Waals surface area contributed by atoms with Crippen LogP contribution in [0.15, 0.2) is 41.3 Å². The van der Waals surface area contributed by atoms with Crippen LogP contribution in [0.4, 0.5) is 0 Å². The molecule has 1 nitrogen and oxygen atoms in total. The lowest BCUT2D eigenvalue weighted by Gasteiger charge is -1.98. The molecule has 15 heavy (non-hydrogen) atoms. The third-order valence-corrected chi connectivity index (χ3v) is 2.90. The van der Waals surface area contributed by atoms with Crippen LogP contribution in [0.2, 0.25) is 0 Å². The first-order valence-electron chi connectivity index (χ1n) is 5.02. The zero-order chi connectivity index (χ0) is 11.1. The number of allylic oxidation sites excluding steroid dienone is 1. The van der Waals surface area contributed by atoms with Gasteiger partial charge < -0.3 is 0 Å². The summed E-state index contributed by atoms with van der Waals surface area (Å²) in [7, 11) is 0. The summed E-state index contributed by atoms with van der Waals surface area (Å²) in [6, 6.07) is 8.47. The molecule has 0 heterocycles. The molecule has 2 heteroatoms. The number of ketones is 1. The van der Waals surface area contributed by atoms with Crippen molar-refractivity contribution in [2.24, 2.45) is 0 Å². The lowest BCUT2D eigenvalue weighted by Crippen LogP contribution is -1.84. The van der Waals surface area contributed by atoms with Crippen molar-refractivity contribution >= 4 is 17.5 Å². The van der Waals surface area contributed by atoms with Crippen LogP contribution in [-0.4, -0.2) is 11.5 Å². The number of thioether (sulfide) groups is 1. The number of rotatable bonds is 5. The molecule has 0 aliphatic heterocycles. The summed E-state index contributed by atoms with van der Waals surface area (Å²) in [5, 5.41) is 0. The van der Waals surface area contributed by atoms with Crippen molar-refractivity contribution in [2.45, 2.75) is 25.2 Å². The minimum atomic E-state index is 0.214. The summed E-state index contributed by atoms with van der Waals surface area (Å²) in [4.78, 5) is 11.9. The van der Waals surface area contributed by atoms with Gasteiger partial charge in [-0.1, -0.05) is 29.8 Å². The molecule has 0 aliphatic rings. The van der Waals surface area contributed by atoms with Crippen LogP contribution in [0.25, 0.3) is 0 Å². The van der Waals surface area contributed by atoms with Crippen LogP contribution in [0.3, 0.4) is 0 Å². The Morgan fingerprint density at radius 2 is 1.93 bits per heavy atom. The van der Waals surface area contributed by atoms with E-state index in [0.717, 1.165) is 5.75 Å². The highest BCUT2D eigenvalue weighted by Gasteiger charge is 1.91. The summed E-state index contributed by atoms with van der Waals surface area (Å²) >= 11 is 1.78. The molecule has 0 fully saturated rings. The number of carbonyl (C=O) groups is 1. The monoisotopic (exact) mass is 220 g/mol. The summed E-state index contributed by atoms with van der Waals surface area (Å²) in [5.74, 6) is 1.14.